The van der Waals surface area contributed by atoms with E-state index in [1.54, 1.807) is 0 Å². The molecule has 1 aliphatic rings. The normalized spacial score (nSPS) is 14.0. The molecule has 1 aliphatic carbocycles. The monoisotopic (exact) mass is 314 g/mol. The Hall–Kier alpha value is -2.34. The second-order valence-electron chi connectivity index (χ2n) is 7.75. The van der Waals surface area contributed by atoms with Crippen molar-refractivity contribution in [3.05, 3.63) is 100 Å². The van der Waals surface area contributed by atoms with E-state index in [-0.39, 0.29) is 5.41 Å². The van der Waals surface area contributed by atoms with Gasteiger partial charge in [-0.25, -0.2) is 0 Å². The number of allylic oxidation sites excluding steroid dienone is 5. The van der Waals surface area contributed by atoms with Crippen LogP contribution in [0.4, 0.5) is 0 Å². The lowest BCUT2D eigenvalue weighted by Gasteiger charge is -2.18. The van der Waals surface area contributed by atoms with Gasteiger partial charge in [0.1, 0.15) is 0 Å². The lowest BCUT2D eigenvalue weighted by atomic mass is 9.86. The molecule has 0 saturated carbocycles. The van der Waals surface area contributed by atoms with Crippen LogP contribution in [-0.2, 0) is 0 Å². The van der Waals surface area contributed by atoms with Crippen molar-refractivity contribution in [1.82, 2.24) is 0 Å². The molecule has 24 heavy (non-hydrogen) atoms. The van der Waals surface area contributed by atoms with E-state index in [0.717, 1.165) is 0 Å². The molecule has 0 aromatic heterocycles. The summed E-state index contributed by atoms with van der Waals surface area (Å²) in [6, 6.07) is 17.7. The summed E-state index contributed by atoms with van der Waals surface area (Å²) in [7, 11) is 0. The fraction of sp³-hybridized carbons (Fsp3) is 0.250. The van der Waals surface area contributed by atoms with Gasteiger partial charge in [-0.05, 0) is 47.1 Å². The van der Waals surface area contributed by atoms with Gasteiger partial charge in [0, 0.05) is 0 Å². The van der Waals surface area contributed by atoms with Crippen LogP contribution in [0.2, 0.25) is 0 Å². The molecule has 0 heteroatoms. The van der Waals surface area contributed by atoms with Crippen LogP contribution >= 0.6 is 0 Å². The number of aryl methyl sites for hydroxylation is 2. The van der Waals surface area contributed by atoms with Crippen molar-refractivity contribution in [3.63, 3.8) is 0 Å². The minimum atomic E-state index is 0.171. The molecule has 0 atom stereocenters. The Kier molecular flexibility index (Phi) is 4.32. The summed E-state index contributed by atoms with van der Waals surface area (Å²) in [4.78, 5) is 0. The quantitative estimate of drug-likeness (QED) is 0.582. The van der Waals surface area contributed by atoms with Gasteiger partial charge in [0.05, 0.1) is 0 Å². The highest BCUT2D eigenvalue weighted by molar-refractivity contribution is 5.86. The van der Waals surface area contributed by atoms with Crippen molar-refractivity contribution in [3.8, 4) is 0 Å². The van der Waals surface area contributed by atoms with E-state index in [0.29, 0.717) is 0 Å². The Morgan fingerprint density at radius 3 is 1.50 bits per heavy atom. The summed E-state index contributed by atoms with van der Waals surface area (Å²) in [5.74, 6) is 0. The third-order valence-corrected chi connectivity index (χ3v) is 4.59. The molecule has 0 fully saturated rings. The molecular formula is C24H26. The molecule has 3 rings (SSSR count). The van der Waals surface area contributed by atoms with Crippen LogP contribution in [0.3, 0.4) is 0 Å². The van der Waals surface area contributed by atoms with E-state index < -0.39 is 0 Å². The first-order valence-electron chi connectivity index (χ1n) is 8.63. The van der Waals surface area contributed by atoms with Gasteiger partial charge < -0.3 is 0 Å². The van der Waals surface area contributed by atoms with Crippen molar-refractivity contribution in [2.24, 2.45) is 5.41 Å². The molecule has 0 heterocycles. The maximum atomic E-state index is 2.34. The van der Waals surface area contributed by atoms with Crippen molar-refractivity contribution in [1.29, 1.82) is 0 Å². The second kappa shape index (κ2) is 6.28. The fourth-order valence-corrected chi connectivity index (χ4v) is 3.01. The molecule has 0 nitrogen and oxygen atoms in total. The molecule has 0 unspecified atom stereocenters. The average Bonchev–Trinajstić information content (AvgIpc) is 3.01. The van der Waals surface area contributed by atoms with Gasteiger partial charge in [-0.2, -0.15) is 0 Å². The average molecular weight is 314 g/mol. The summed E-state index contributed by atoms with van der Waals surface area (Å²) >= 11 is 0. The van der Waals surface area contributed by atoms with Crippen molar-refractivity contribution < 1.29 is 0 Å². The zero-order valence-corrected chi connectivity index (χ0v) is 15.4. The lowest BCUT2D eigenvalue weighted by Crippen LogP contribution is -2.05. The molecule has 2 aromatic carbocycles. The minimum absolute atomic E-state index is 0.171. The Balaban J connectivity index is 2.18. The van der Waals surface area contributed by atoms with Gasteiger partial charge >= 0.3 is 0 Å². The second-order valence-corrected chi connectivity index (χ2v) is 7.75. The van der Waals surface area contributed by atoms with Gasteiger partial charge in [-0.15, -0.1) is 0 Å². The Morgan fingerprint density at radius 1 is 0.667 bits per heavy atom. The van der Waals surface area contributed by atoms with Crippen LogP contribution < -0.4 is 0 Å². The highest BCUT2D eigenvalue weighted by Crippen LogP contribution is 2.36. The molecule has 122 valence electrons. The molecule has 0 aliphatic heterocycles. The molecule has 0 N–H and O–H groups in total. The van der Waals surface area contributed by atoms with Gasteiger partial charge in [0.15, 0.2) is 0 Å². The third-order valence-electron chi connectivity index (χ3n) is 4.59. The van der Waals surface area contributed by atoms with Crippen molar-refractivity contribution in [2.45, 2.75) is 34.6 Å². The topological polar surface area (TPSA) is 0 Å². The summed E-state index contributed by atoms with van der Waals surface area (Å²) < 4.78 is 0. The van der Waals surface area contributed by atoms with Crippen LogP contribution in [-0.4, -0.2) is 0 Å². The van der Waals surface area contributed by atoms with Gasteiger partial charge in [0.25, 0.3) is 0 Å². The first-order valence-corrected chi connectivity index (χ1v) is 8.63. The fourth-order valence-electron chi connectivity index (χ4n) is 3.01. The van der Waals surface area contributed by atoms with Crippen LogP contribution in [0.15, 0.2) is 77.9 Å². The predicted octanol–water partition coefficient (Wildman–Crippen LogP) is 6.65. The largest absolute Gasteiger partial charge is 0.0587 e. The smallest absolute Gasteiger partial charge is 0.00388 e. The van der Waals surface area contributed by atoms with Crippen LogP contribution in [0.1, 0.15) is 43.0 Å². The number of hydrogen-bond donors (Lipinski definition) is 0. The molecule has 0 saturated heterocycles. The first kappa shape index (κ1) is 16.5. The van der Waals surface area contributed by atoms with E-state index in [4.69, 9.17) is 0 Å². The Labute approximate surface area is 146 Å². The van der Waals surface area contributed by atoms with Crippen molar-refractivity contribution >= 4 is 5.57 Å². The molecule has 0 spiro atoms. The number of benzene rings is 2. The molecular weight excluding hydrogens is 288 g/mol. The summed E-state index contributed by atoms with van der Waals surface area (Å²) in [5, 5.41) is 0. The van der Waals surface area contributed by atoms with E-state index in [1.807, 2.05) is 0 Å². The Bertz CT molecular complexity index is 770. The van der Waals surface area contributed by atoms with E-state index in [2.05, 4.69) is 101 Å². The molecule has 0 amide bonds. The standard InChI is InChI=1S/C24H26/c1-17-6-10-19(11-7-17)23(20-12-8-18(2)9-13-20)21-14-15-22(16-21)24(3,4)5/h6-16H,1-5H3. The van der Waals surface area contributed by atoms with Gasteiger partial charge in [-0.1, -0.05) is 98.7 Å². The SMILES string of the molecule is Cc1ccc(C(=C2C=CC(C(C)(C)C)=C2)c2ccc(C)cc2)cc1. The third kappa shape index (κ3) is 3.43. The molecule has 0 radical (unpaired) electrons. The summed E-state index contributed by atoms with van der Waals surface area (Å²) in [6.07, 6.45) is 6.86. The summed E-state index contributed by atoms with van der Waals surface area (Å²) in [5.41, 5.74) is 9.29. The summed E-state index contributed by atoms with van der Waals surface area (Å²) in [6.45, 7) is 11.1. The van der Waals surface area contributed by atoms with Crippen LogP contribution in [0, 0.1) is 19.3 Å². The van der Waals surface area contributed by atoms with Crippen LogP contribution in [0.25, 0.3) is 5.57 Å². The first-order chi connectivity index (χ1) is 11.3. The molecule has 0 bridgehead atoms. The maximum absolute atomic E-state index is 2.34. The van der Waals surface area contributed by atoms with Crippen molar-refractivity contribution in [2.75, 3.05) is 0 Å². The van der Waals surface area contributed by atoms with Gasteiger partial charge in [-0.3, -0.25) is 0 Å². The number of hydrogen-bond acceptors (Lipinski definition) is 0. The molecule has 2 aromatic rings. The van der Waals surface area contributed by atoms with E-state index in [9.17, 15) is 0 Å². The van der Waals surface area contributed by atoms with Crippen LogP contribution in [0.5, 0.6) is 0 Å². The Morgan fingerprint density at radius 2 is 1.12 bits per heavy atom. The zero-order valence-electron chi connectivity index (χ0n) is 15.4. The van der Waals surface area contributed by atoms with Gasteiger partial charge in [0.2, 0.25) is 0 Å². The van der Waals surface area contributed by atoms with E-state index >= 15 is 0 Å². The number of rotatable bonds is 2. The highest BCUT2D eigenvalue weighted by atomic mass is 14.2. The zero-order chi connectivity index (χ0) is 17.3. The minimum Gasteiger partial charge on any atom is -0.0587 e. The highest BCUT2D eigenvalue weighted by Gasteiger charge is 2.20. The lowest BCUT2D eigenvalue weighted by molar-refractivity contribution is 0.518. The predicted molar refractivity (Wildman–Crippen MR) is 105 cm³/mol. The maximum Gasteiger partial charge on any atom is -0.00388 e. The van der Waals surface area contributed by atoms with E-state index in [1.165, 1.54) is 39.0 Å².